The fourth-order valence-electron chi connectivity index (χ4n) is 1.47. The zero-order valence-corrected chi connectivity index (χ0v) is 13.0. The molecule has 0 bridgehead atoms. The maximum absolute atomic E-state index is 11.0. The second kappa shape index (κ2) is 7.98. The Hall–Kier alpha value is -1.44. The van der Waals surface area contributed by atoms with Crippen molar-refractivity contribution in [2.75, 3.05) is 19.7 Å². The van der Waals surface area contributed by atoms with Crippen molar-refractivity contribution in [1.82, 2.24) is 5.32 Å². The smallest absolute Gasteiger partial charge is 0.313 e. The molecule has 1 aromatic rings. The lowest BCUT2D eigenvalue weighted by molar-refractivity contribution is -0.386. The van der Waals surface area contributed by atoms with Gasteiger partial charge in [0.1, 0.15) is 12.7 Å². The Labute approximate surface area is 129 Å². The Bertz CT molecular complexity index is 530. The first kappa shape index (κ1) is 16.6. The molecule has 0 radical (unpaired) electrons. The van der Waals surface area contributed by atoms with Crippen LogP contribution < -0.4 is 10.1 Å². The maximum atomic E-state index is 11.0. The third-order valence-corrected chi connectivity index (χ3v) is 3.20. The van der Waals surface area contributed by atoms with E-state index in [4.69, 9.17) is 10.00 Å². The van der Waals surface area contributed by atoms with Gasteiger partial charge in [0.05, 0.1) is 20.1 Å². The Kier molecular flexibility index (Phi) is 6.63. The molecule has 1 atom stereocenters. The summed E-state index contributed by atoms with van der Waals surface area (Å²) in [5.41, 5.74) is -0.0780. The van der Waals surface area contributed by atoms with Crippen molar-refractivity contribution < 1.29 is 14.8 Å². The number of likely N-dealkylation sites (N-methyl/N-ethyl adjacent to an activating group) is 1. The predicted octanol–water partition coefficient (Wildman–Crippen LogP) is 1.42. The van der Waals surface area contributed by atoms with E-state index in [2.05, 4.69) is 5.32 Å². The number of hydrogen-bond donors (Lipinski definition) is 2. The van der Waals surface area contributed by atoms with Crippen LogP contribution in [0.5, 0.6) is 5.75 Å². The molecular weight excluding hydrogens is 377 g/mol. The summed E-state index contributed by atoms with van der Waals surface area (Å²) in [7, 11) is 0. The summed E-state index contributed by atoms with van der Waals surface area (Å²) in [5.74, 6) is 0.0742. The standard InChI is InChI=1S/C12H14IN3O4/c1-2-15-6-9(17)7-20-12-10(13)3-8(5-14)4-11(12)16(18)19/h3-4,9,15,17H,2,6-7H2,1H3. The van der Waals surface area contributed by atoms with E-state index in [1.807, 2.05) is 35.6 Å². The summed E-state index contributed by atoms with van der Waals surface area (Å²) in [5, 5.41) is 32.4. The largest absolute Gasteiger partial charge is 0.483 e. The lowest BCUT2D eigenvalue weighted by Crippen LogP contribution is -2.31. The van der Waals surface area contributed by atoms with Crippen LogP contribution in [0.4, 0.5) is 5.69 Å². The van der Waals surface area contributed by atoms with Gasteiger partial charge in [0.25, 0.3) is 0 Å². The number of nitro benzene ring substituents is 1. The molecule has 0 aliphatic carbocycles. The van der Waals surface area contributed by atoms with Gasteiger partial charge >= 0.3 is 5.69 Å². The molecule has 1 unspecified atom stereocenters. The number of hydrogen-bond acceptors (Lipinski definition) is 6. The molecule has 0 amide bonds. The average Bonchev–Trinajstić information content (AvgIpc) is 2.42. The van der Waals surface area contributed by atoms with Crippen LogP contribution in [0.15, 0.2) is 12.1 Å². The average molecular weight is 391 g/mol. The van der Waals surface area contributed by atoms with Gasteiger partial charge in [-0.1, -0.05) is 6.92 Å². The molecule has 7 nitrogen and oxygen atoms in total. The summed E-state index contributed by atoms with van der Waals surface area (Å²) in [6, 6.07) is 4.52. The molecule has 0 heterocycles. The minimum Gasteiger partial charge on any atom is -0.483 e. The van der Waals surface area contributed by atoms with E-state index in [-0.39, 0.29) is 23.6 Å². The number of nitriles is 1. The number of nitro groups is 1. The van der Waals surface area contributed by atoms with Gasteiger partial charge in [0.15, 0.2) is 0 Å². The van der Waals surface area contributed by atoms with Crippen molar-refractivity contribution >= 4 is 28.3 Å². The summed E-state index contributed by atoms with van der Waals surface area (Å²) in [4.78, 5) is 10.4. The number of aliphatic hydroxyl groups is 1. The van der Waals surface area contributed by atoms with Crippen LogP contribution in [-0.2, 0) is 0 Å². The van der Waals surface area contributed by atoms with Crippen LogP contribution in [0.2, 0.25) is 0 Å². The van der Waals surface area contributed by atoms with Crippen molar-refractivity contribution in [3.63, 3.8) is 0 Å². The Morgan fingerprint density at radius 3 is 2.90 bits per heavy atom. The lowest BCUT2D eigenvalue weighted by Gasteiger charge is -2.13. The Balaban J connectivity index is 2.89. The number of ether oxygens (including phenoxy) is 1. The van der Waals surface area contributed by atoms with E-state index in [9.17, 15) is 15.2 Å². The molecule has 0 aliphatic heterocycles. The highest BCUT2D eigenvalue weighted by molar-refractivity contribution is 14.1. The van der Waals surface area contributed by atoms with Crippen LogP contribution in [0.25, 0.3) is 0 Å². The molecule has 1 aromatic carbocycles. The molecule has 108 valence electrons. The minimum absolute atomic E-state index is 0.0598. The molecule has 0 aliphatic rings. The topological polar surface area (TPSA) is 108 Å². The van der Waals surface area contributed by atoms with Gasteiger partial charge in [-0.15, -0.1) is 0 Å². The highest BCUT2D eigenvalue weighted by atomic mass is 127. The zero-order chi connectivity index (χ0) is 15.1. The van der Waals surface area contributed by atoms with Gasteiger partial charge in [-0.25, -0.2) is 0 Å². The summed E-state index contributed by atoms with van der Waals surface area (Å²) >= 11 is 1.87. The number of nitrogens with zero attached hydrogens (tertiary/aromatic N) is 2. The van der Waals surface area contributed by atoms with Crippen LogP contribution in [0.1, 0.15) is 12.5 Å². The van der Waals surface area contributed by atoms with E-state index >= 15 is 0 Å². The van der Waals surface area contributed by atoms with Gasteiger partial charge in [0.2, 0.25) is 5.75 Å². The first-order valence-electron chi connectivity index (χ1n) is 5.89. The fraction of sp³-hybridized carbons (Fsp3) is 0.417. The molecule has 0 saturated carbocycles. The molecular formula is C12H14IN3O4. The number of rotatable bonds is 7. The monoisotopic (exact) mass is 391 g/mol. The van der Waals surface area contributed by atoms with E-state index in [1.54, 1.807) is 0 Å². The Morgan fingerprint density at radius 1 is 1.65 bits per heavy atom. The van der Waals surface area contributed by atoms with E-state index in [1.165, 1.54) is 6.07 Å². The van der Waals surface area contributed by atoms with Crippen molar-refractivity contribution in [3.05, 3.63) is 31.4 Å². The molecule has 1 rings (SSSR count). The molecule has 0 aromatic heterocycles. The molecule has 8 heteroatoms. The van der Waals surface area contributed by atoms with Crippen LogP contribution >= 0.6 is 22.6 Å². The van der Waals surface area contributed by atoms with E-state index in [0.29, 0.717) is 16.7 Å². The molecule has 20 heavy (non-hydrogen) atoms. The molecule has 0 spiro atoms. The fourth-order valence-corrected chi connectivity index (χ4v) is 2.24. The van der Waals surface area contributed by atoms with Gasteiger partial charge in [-0.05, 0) is 35.2 Å². The van der Waals surface area contributed by atoms with Gasteiger partial charge in [-0.3, -0.25) is 10.1 Å². The second-order valence-corrected chi connectivity index (χ2v) is 5.11. The van der Waals surface area contributed by atoms with Crippen LogP contribution in [-0.4, -0.2) is 35.8 Å². The van der Waals surface area contributed by atoms with Crippen molar-refractivity contribution in [3.8, 4) is 11.8 Å². The summed E-state index contributed by atoms with van der Waals surface area (Å²) in [6.07, 6.45) is -0.763. The minimum atomic E-state index is -0.763. The van der Waals surface area contributed by atoms with Crippen LogP contribution in [0, 0.1) is 25.0 Å². The number of aliphatic hydroxyl groups excluding tert-OH is 1. The number of halogens is 1. The first-order chi connectivity index (χ1) is 9.49. The van der Waals surface area contributed by atoms with Gasteiger partial charge in [0, 0.05) is 12.6 Å². The lowest BCUT2D eigenvalue weighted by atomic mass is 10.2. The molecule has 0 fully saturated rings. The maximum Gasteiger partial charge on any atom is 0.313 e. The quantitative estimate of drug-likeness (QED) is 0.414. The van der Waals surface area contributed by atoms with Gasteiger partial charge < -0.3 is 15.2 Å². The van der Waals surface area contributed by atoms with Crippen LogP contribution in [0.3, 0.4) is 0 Å². The summed E-state index contributed by atoms with van der Waals surface area (Å²) < 4.78 is 5.80. The SMILES string of the molecule is CCNCC(O)COc1c(I)cc(C#N)cc1[N+](=O)[O-]. The Morgan fingerprint density at radius 2 is 2.35 bits per heavy atom. The molecule has 0 saturated heterocycles. The first-order valence-corrected chi connectivity index (χ1v) is 6.97. The van der Waals surface area contributed by atoms with Crippen molar-refractivity contribution in [2.45, 2.75) is 13.0 Å². The van der Waals surface area contributed by atoms with Crippen molar-refractivity contribution in [2.24, 2.45) is 0 Å². The number of benzene rings is 1. The highest BCUT2D eigenvalue weighted by Crippen LogP contribution is 2.33. The highest BCUT2D eigenvalue weighted by Gasteiger charge is 2.21. The normalized spacial score (nSPS) is 11.7. The van der Waals surface area contributed by atoms with Gasteiger partial charge in [-0.2, -0.15) is 5.26 Å². The number of nitrogens with one attached hydrogen (secondary N) is 1. The van der Waals surface area contributed by atoms with E-state index in [0.717, 1.165) is 6.07 Å². The third kappa shape index (κ3) is 4.59. The summed E-state index contributed by atoms with van der Waals surface area (Å²) in [6.45, 7) is 2.90. The predicted molar refractivity (Wildman–Crippen MR) is 80.6 cm³/mol. The third-order valence-electron chi connectivity index (χ3n) is 2.40. The molecule has 2 N–H and O–H groups in total. The zero-order valence-electron chi connectivity index (χ0n) is 10.8. The van der Waals surface area contributed by atoms with Crippen molar-refractivity contribution in [1.29, 1.82) is 5.26 Å². The van der Waals surface area contributed by atoms with E-state index < -0.39 is 11.0 Å². The second-order valence-electron chi connectivity index (χ2n) is 3.95.